The van der Waals surface area contributed by atoms with Crippen LogP contribution in [0, 0.1) is 0 Å². The summed E-state index contributed by atoms with van der Waals surface area (Å²) in [5.41, 5.74) is -0.460. The second-order valence-corrected chi connectivity index (χ2v) is 12.8. The van der Waals surface area contributed by atoms with Gasteiger partial charge in [0.2, 0.25) is 11.8 Å². The Morgan fingerprint density at radius 3 is 2.17 bits per heavy atom. The standard InChI is InChI=1S/C32H42BrN3O4.ClH/c1-2-3-19-36-29(37)28(22-31(39)15-5-4-6-16-31)34-30(38)32(36)17-20-35(21-18-32)23-24-7-11-26(12-8-24)40-27-13-9-25(33)10-14-27;/h7-14,28,39H,2-6,15-23H2,1H3,(H,34,38);1H/t28-;/m1./s1. The summed E-state index contributed by atoms with van der Waals surface area (Å²) in [6.07, 6.45) is 7.89. The molecule has 1 aliphatic carbocycles. The van der Waals surface area contributed by atoms with Crippen LogP contribution >= 0.6 is 28.3 Å². The van der Waals surface area contributed by atoms with E-state index in [1.807, 2.05) is 41.3 Å². The number of halogens is 2. The van der Waals surface area contributed by atoms with Gasteiger partial charge in [0.05, 0.1) is 5.60 Å². The monoisotopic (exact) mass is 647 g/mol. The van der Waals surface area contributed by atoms with Crippen molar-refractivity contribution >= 4 is 40.2 Å². The van der Waals surface area contributed by atoms with Crippen molar-refractivity contribution in [3.63, 3.8) is 0 Å². The number of amides is 2. The highest BCUT2D eigenvalue weighted by Gasteiger charge is 2.54. The lowest BCUT2D eigenvalue weighted by Crippen LogP contribution is -2.73. The minimum absolute atomic E-state index is 0. The smallest absolute Gasteiger partial charge is 0.246 e. The zero-order chi connectivity index (χ0) is 28.2. The van der Waals surface area contributed by atoms with Crippen molar-refractivity contribution in [2.45, 2.75) is 94.9 Å². The summed E-state index contributed by atoms with van der Waals surface area (Å²) in [5.74, 6) is 1.53. The van der Waals surface area contributed by atoms with Gasteiger partial charge in [-0.15, -0.1) is 12.4 Å². The molecule has 2 aromatic rings. The molecule has 224 valence electrons. The number of ether oxygens (including phenoxy) is 1. The first-order chi connectivity index (χ1) is 19.3. The maximum atomic E-state index is 13.8. The lowest BCUT2D eigenvalue weighted by molar-refractivity contribution is -0.163. The second kappa shape index (κ2) is 13.9. The molecule has 9 heteroatoms. The Morgan fingerprint density at radius 1 is 0.951 bits per heavy atom. The Labute approximate surface area is 258 Å². The molecule has 0 unspecified atom stereocenters. The zero-order valence-corrected chi connectivity index (χ0v) is 26.4. The van der Waals surface area contributed by atoms with Crippen LogP contribution in [-0.4, -0.2) is 63.5 Å². The van der Waals surface area contributed by atoms with E-state index in [2.05, 4.69) is 45.2 Å². The van der Waals surface area contributed by atoms with Crippen LogP contribution in [0.5, 0.6) is 11.5 Å². The number of rotatable bonds is 9. The molecule has 2 aliphatic heterocycles. The molecule has 5 rings (SSSR count). The van der Waals surface area contributed by atoms with Crippen LogP contribution < -0.4 is 10.1 Å². The van der Waals surface area contributed by atoms with E-state index in [4.69, 9.17) is 4.74 Å². The van der Waals surface area contributed by atoms with Crippen molar-refractivity contribution in [3.05, 3.63) is 58.6 Å². The van der Waals surface area contributed by atoms with Crippen molar-refractivity contribution in [2.24, 2.45) is 0 Å². The summed E-state index contributed by atoms with van der Waals surface area (Å²) in [7, 11) is 0. The number of carbonyl (C=O) groups is 2. The third-order valence-corrected chi connectivity index (χ3v) is 9.50. The number of benzene rings is 2. The van der Waals surface area contributed by atoms with Gasteiger partial charge >= 0.3 is 0 Å². The molecule has 41 heavy (non-hydrogen) atoms. The van der Waals surface area contributed by atoms with E-state index in [-0.39, 0.29) is 24.2 Å². The molecule has 0 bridgehead atoms. The van der Waals surface area contributed by atoms with E-state index in [1.165, 1.54) is 5.56 Å². The normalized spacial score (nSPS) is 22.2. The fraction of sp³-hybridized carbons (Fsp3) is 0.562. The number of aliphatic hydroxyl groups is 1. The number of piperazine rings is 1. The van der Waals surface area contributed by atoms with E-state index in [1.54, 1.807) is 0 Å². The molecule has 7 nitrogen and oxygen atoms in total. The fourth-order valence-electron chi connectivity index (χ4n) is 6.59. The zero-order valence-electron chi connectivity index (χ0n) is 23.9. The predicted molar refractivity (Wildman–Crippen MR) is 166 cm³/mol. The van der Waals surface area contributed by atoms with Crippen LogP contribution in [0.2, 0.25) is 0 Å². The minimum Gasteiger partial charge on any atom is -0.457 e. The molecule has 0 aromatic heterocycles. The van der Waals surface area contributed by atoms with Crippen LogP contribution in [0.3, 0.4) is 0 Å². The summed E-state index contributed by atoms with van der Waals surface area (Å²) in [4.78, 5) is 31.7. The van der Waals surface area contributed by atoms with E-state index >= 15 is 0 Å². The lowest BCUT2D eigenvalue weighted by Gasteiger charge is -2.52. The third-order valence-electron chi connectivity index (χ3n) is 8.97. The Bertz CT molecular complexity index is 1160. The first kappa shape index (κ1) is 31.8. The van der Waals surface area contributed by atoms with Crippen molar-refractivity contribution in [2.75, 3.05) is 19.6 Å². The summed E-state index contributed by atoms with van der Waals surface area (Å²) in [6, 6.07) is 15.3. The first-order valence-corrected chi connectivity index (χ1v) is 15.7. The number of unbranched alkanes of at least 4 members (excludes halogenated alkanes) is 1. The van der Waals surface area contributed by atoms with Gasteiger partial charge in [0, 0.05) is 37.1 Å². The number of likely N-dealkylation sites (tertiary alicyclic amines) is 1. The average Bonchev–Trinajstić information content (AvgIpc) is 2.95. The van der Waals surface area contributed by atoms with Gasteiger partial charge in [0.25, 0.3) is 0 Å². The average molecular weight is 649 g/mol. The van der Waals surface area contributed by atoms with Gasteiger partial charge in [-0.2, -0.15) is 0 Å². The van der Waals surface area contributed by atoms with Crippen LogP contribution in [-0.2, 0) is 16.1 Å². The van der Waals surface area contributed by atoms with Gasteiger partial charge in [0.1, 0.15) is 23.1 Å². The molecular weight excluding hydrogens is 606 g/mol. The summed E-state index contributed by atoms with van der Waals surface area (Å²) in [6.45, 7) is 4.98. The fourth-order valence-corrected chi connectivity index (χ4v) is 6.85. The summed E-state index contributed by atoms with van der Waals surface area (Å²) >= 11 is 3.44. The Hall–Kier alpha value is -2.13. The first-order valence-electron chi connectivity index (χ1n) is 14.9. The summed E-state index contributed by atoms with van der Waals surface area (Å²) < 4.78 is 6.96. The van der Waals surface area contributed by atoms with E-state index < -0.39 is 17.2 Å². The van der Waals surface area contributed by atoms with E-state index in [0.717, 1.165) is 67.7 Å². The number of nitrogens with one attached hydrogen (secondary N) is 1. The molecule has 1 spiro atoms. The second-order valence-electron chi connectivity index (χ2n) is 11.9. The largest absolute Gasteiger partial charge is 0.457 e. The number of nitrogens with zero attached hydrogens (tertiary/aromatic N) is 2. The van der Waals surface area contributed by atoms with Gasteiger partial charge in [0.15, 0.2) is 0 Å². The lowest BCUT2D eigenvalue weighted by atomic mass is 9.77. The molecule has 2 saturated heterocycles. The topological polar surface area (TPSA) is 82.1 Å². The van der Waals surface area contributed by atoms with E-state index in [0.29, 0.717) is 38.6 Å². The van der Waals surface area contributed by atoms with Gasteiger partial charge in [-0.3, -0.25) is 14.5 Å². The van der Waals surface area contributed by atoms with Crippen LogP contribution in [0.1, 0.15) is 76.7 Å². The van der Waals surface area contributed by atoms with Crippen molar-refractivity contribution < 1.29 is 19.4 Å². The molecule has 2 aromatic carbocycles. The molecule has 3 fully saturated rings. The predicted octanol–water partition coefficient (Wildman–Crippen LogP) is 6.21. The highest BCUT2D eigenvalue weighted by atomic mass is 79.9. The molecule has 2 amide bonds. The molecule has 0 radical (unpaired) electrons. The molecule has 3 aliphatic rings. The number of piperidine rings is 1. The van der Waals surface area contributed by atoms with Crippen LogP contribution in [0.25, 0.3) is 0 Å². The van der Waals surface area contributed by atoms with Gasteiger partial charge in [-0.05, 0) is 74.1 Å². The van der Waals surface area contributed by atoms with Gasteiger partial charge in [-0.25, -0.2) is 0 Å². The van der Waals surface area contributed by atoms with Crippen molar-refractivity contribution in [3.8, 4) is 11.5 Å². The third kappa shape index (κ3) is 7.45. The molecule has 2 N–H and O–H groups in total. The van der Waals surface area contributed by atoms with Gasteiger partial charge in [-0.1, -0.05) is 60.7 Å². The van der Waals surface area contributed by atoms with Crippen LogP contribution in [0.4, 0.5) is 0 Å². The Kier molecular flexibility index (Phi) is 10.8. The SMILES string of the molecule is CCCCN1C(=O)[C@@H](CC2(O)CCCCC2)NC(=O)C12CCN(Cc1ccc(Oc3ccc(Br)cc3)cc1)CC2.Cl. The van der Waals surface area contributed by atoms with Crippen molar-refractivity contribution in [1.29, 1.82) is 0 Å². The van der Waals surface area contributed by atoms with Gasteiger partial charge < -0.3 is 20.1 Å². The molecule has 1 atom stereocenters. The summed E-state index contributed by atoms with van der Waals surface area (Å²) in [5, 5.41) is 14.2. The Balaban J connectivity index is 0.00000387. The Morgan fingerprint density at radius 2 is 1.56 bits per heavy atom. The number of hydrogen-bond acceptors (Lipinski definition) is 5. The quantitative estimate of drug-likeness (QED) is 0.338. The number of hydrogen-bond donors (Lipinski definition) is 2. The minimum atomic E-state index is -0.852. The maximum Gasteiger partial charge on any atom is 0.246 e. The van der Waals surface area contributed by atoms with E-state index in [9.17, 15) is 14.7 Å². The highest BCUT2D eigenvalue weighted by Crippen LogP contribution is 2.37. The number of carbonyl (C=O) groups excluding carboxylic acids is 2. The maximum absolute atomic E-state index is 13.8. The molecule has 1 saturated carbocycles. The van der Waals surface area contributed by atoms with Crippen LogP contribution in [0.15, 0.2) is 53.0 Å². The molecular formula is C32H43BrClN3O4. The molecule has 2 heterocycles. The highest BCUT2D eigenvalue weighted by molar-refractivity contribution is 9.10. The van der Waals surface area contributed by atoms with Crippen molar-refractivity contribution in [1.82, 2.24) is 15.1 Å².